The fraction of sp³-hybridized carbons (Fsp3) is 0.417. The first kappa shape index (κ1) is 25.6. The molecule has 3 rings (SSSR count). The number of anilines is 1. The zero-order chi connectivity index (χ0) is 25.1. The second kappa shape index (κ2) is 10.1. The minimum atomic E-state index is -3.69. The average Bonchev–Trinajstić information content (AvgIpc) is 3.13. The summed E-state index contributed by atoms with van der Waals surface area (Å²) in [7, 11) is -2.20. The predicted octanol–water partition coefficient (Wildman–Crippen LogP) is 4.24. The zero-order valence-electron chi connectivity index (χ0n) is 19.7. The molecule has 10 heteroatoms. The van der Waals surface area contributed by atoms with Crippen LogP contribution in [0, 0.1) is 5.82 Å². The normalized spacial score (nSPS) is 12.2. The molecule has 0 atom stereocenters. The van der Waals surface area contributed by atoms with E-state index in [0.29, 0.717) is 42.2 Å². The number of sulfonamides is 1. The van der Waals surface area contributed by atoms with Gasteiger partial charge in [0.1, 0.15) is 17.4 Å². The smallest absolute Gasteiger partial charge is 0.255 e. The van der Waals surface area contributed by atoms with E-state index in [4.69, 9.17) is 4.42 Å². The van der Waals surface area contributed by atoms with Gasteiger partial charge < -0.3 is 14.8 Å². The molecule has 3 aromatic rings. The molecule has 0 saturated heterocycles. The monoisotopic (exact) mass is 491 g/mol. The number of hydrogen-bond donors (Lipinski definition) is 3. The number of furan rings is 1. The van der Waals surface area contributed by atoms with Gasteiger partial charge >= 0.3 is 0 Å². The van der Waals surface area contributed by atoms with Gasteiger partial charge in [-0.05, 0) is 75.4 Å². The van der Waals surface area contributed by atoms with E-state index in [1.807, 2.05) is 6.92 Å². The van der Waals surface area contributed by atoms with Crippen LogP contribution in [0.15, 0.2) is 34.7 Å². The summed E-state index contributed by atoms with van der Waals surface area (Å²) >= 11 is 0. The van der Waals surface area contributed by atoms with E-state index >= 15 is 0 Å². The van der Waals surface area contributed by atoms with E-state index in [0.717, 1.165) is 0 Å². The van der Waals surface area contributed by atoms with Crippen molar-refractivity contribution in [2.75, 3.05) is 17.5 Å². The number of aliphatic hydroxyl groups is 1. The number of nitrogens with zero attached hydrogens (tertiary/aromatic N) is 1. The number of carbonyl (C=O) groups is 1. The summed E-state index contributed by atoms with van der Waals surface area (Å²) in [6.45, 7) is 5.22. The van der Waals surface area contributed by atoms with Gasteiger partial charge in [-0.3, -0.25) is 9.52 Å². The second-order valence-corrected chi connectivity index (χ2v) is 10.6. The molecule has 0 spiro atoms. The molecular weight excluding hydrogens is 461 g/mol. The SMILES string of the molecule is CCc1cc2c(C(=O)NC)c(-c3ccc(F)cc3)oc2nc1NS(=O)(=O)CCCCC(C)(C)O. The molecule has 0 aliphatic heterocycles. The number of rotatable bonds is 10. The Bertz CT molecular complexity index is 1280. The molecule has 0 aliphatic rings. The van der Waals surface area contributed by atoms with Crippen LogP contribution in [-0.4, -0.2) is 42.8 Å². The highest BCUT2D eigenvalue weighted by Crippen LogP contribution is 2.35. The molecule has 184 valence electrons. The molecule has 1 amide bonds. The van der Waals surface area contributed by atoms with Gasteiger partial charge in [0.25, 0.3) is 5.91 Å². The first-order valence-electron chi connectivity index (χ1n) is 11.1. The number of hydrogen-bond acceptors (Lipinski definition) is 6. The molecule has 2 heterocycles. The Kier molecular flexibility index (Phi) is 7.62. The lowest BCUT2D eigenvalue weighted by Gasteiger charge is -2.16. The molecule has 1 aromatic carbocycles. The predicted molar refractivity (Wildman–Crippen MR) is 130 cm³/mol. The van der Waals surface area contributed by atoms with Gasteiger partial charge in [0, 0.05) is 12.6 Å². The van der Waals surface area contributed by atoms with E-state index in [9.17, 15) is 22.7 Å². The number of aryl methyl sites for hydroxylation is 1. The topological polar surface area (TPSA) is 122 Å². The van der Waals surface area contributed by atoms with E-state index < -0.39 is 27.3 Å². The fourth-order valence-electron chi connectivity index (χ4n) is 3.63. The highest BCUT2D eigenvalue weighted by Gasteiger charge is 2.25. The molecule has 0 aliphatic carbocycles. The van der Waals surface area contributed by atoms with Crippen molar-refractivity contribution in [3.8, 4) is 11.3 Å². The zero-order valence-corrected chi connectivity index (χ0v) is 20.6. The van der Waals surface area contributed by atoms with E-state index in [1.54, 1.807) is 19.9 Å². The molecule has 0 saturated carbocycles. The summed E-state index contributed by atoms with van der Waals surface area (Å²) in [5.41, 5.74) is 0.583. The van der Waals surface area contributed by atoms with Gasteiger partial charge in [0.2, 0.25) is 15.7 Å². The van der Waals surface area contributed by atoms with Crippen molar-refractivity contribution < 1.29 is 27.1 Å². The van der Waals surface area contributed by atoms with Gasteiger partial charge in [-0.15, -0.1) is 0 Å². The number of benzene rings is 1. The Morgan fingerprint density at radius 1 is 1.21 bits per heavy atom. The van der Waals surface area contributed by atoms with Crippen molar-refractivity contribution >= 4 is 32.8 Å². The molecule has 3 N–H and O–H groups in total. The Labute approximate surface area is 198 Å². The third-order valence-corrected chi connectivity index (χ3v) is 6.74. The van der Waals surface area contributed by atoms with Gasteiger partial charge in [0.05, 0.1) is 22.3 Å². The van der Waals surface area contributed by atoms with Crippen LogP contribution in [0.5, 0.6) is 0 Å². The maximum atomic E-state index is 13.4. The summed E-state index contributed by atoms with van der Waals surface area (Å²) in [6.07, 6.45) is 1.91. The number of unbranched alkanes of at least 4 members (excludes halogenated alkanes) is 1. The van der Waals surface area contributed by atoms with Gasteiger partial charge in [-0.25, -0.2) is 12.8 Å². The van der Waals surface area contributed by atoms with Crippen LogP contribution in [0.4, 0.5) is 10.2 Å². The Hall–Kier alpha value is -2.98. The minimum Gasteiger partial charge on any atom is -0.437 e. The van der Waals surface area contributed by atoms with Crippen LogP contribution in [0.3, 0.4) is 0 Å². The third kappa shape index (κ3) is 6.12. The van der Waals surface area contributed by atoms with Crippen molar-refractivity contribution in [2.45, 2.75) is 52.1 Å². The minimum absolute atomic E-state index is 0.0925. The van der Waals surface area contributed by atoms with Crippen LogP contribution in [0.2, 0.25) is 0 Å². The average molecular weight is 492 g/mol. The maximum Gasteiger partial charge on any atom is 0.255 e. The van der Waals surface area contributed by atoms with Crippen molar-refractivity contribution in [3.63, 3.8) is 0 Å². The van der Waals surface area contributed by atoms with Gasteiger partial charge in [0.15, 0.2) is 0 Å². The molecule has 0 fully saturated rings. The quantitative estimate of drug-likeness (QED) is 0.365. The van der Waals surface area contributed by atoms with Crippen molar-refractivity contribution in [2.24, 2.45) is 0 Å². The molecule has 2 aromatic heterocycles. The van der Waals surface area contributed by atoms with Crippen LogP contribution < -0.4 is 10.0 Å². The summed E-state index contributed by atoms with van der Waals surface area (Å²) in [6, 6.07) is 7.21. The van der Waals surface area contributed by atoms with E-state index in [2.05, 4.69) is 15.0 Å². The summed E-state index contributed by atoms with van der Waals surface area (Å²) in [5, 5.41) is 12.8. The molecule has 0 radical (unpaired) electrons. The largest absolute Gasteiger partial charge is 0.437 e. The van der Waals surface area contributed by atoms with E-state index in [1.165, 1.54) is 31.3 Å². The summed E-state index contributed by atoms with van der Waals surface area (Å²) in [4.78, 5) is 17.1. The first-order chi connectivity index (χ1) is 15.9. The number of carbonyl (C=O) groups excluding carboxylic acids is 1. The van der Waals surface area contributed by atoms with Crippen LogP contribution in [0.25, 0.3) is 22.4 Å². The number of nitrogens with one attached hydrogen (secondary N) is 2. The van der Waals surface area contributed by atoms with Crippen molar-refractivity contribution in [1.82, 2.24) is 10.3 Å². The molecular formula is C24H30FN3O5S. The standard InChI is InChI=1S/C24H30FN3O5S/c1-5-15-14-18-19(22(29)26-4)20(16-8-10-17(25)11-9-16)33-23(18)27-21(15)28-34(31,32)13-7-6-12-24(2,3)30/h8-11,14,30H,5-7,12-13H2,1-4H3,(H,26,29)(H,27,28). The van der Waals surface area contributed by atoms with Crippen LogP contribution in [0.1, 0.15) is 56.0 Å². The maximum absolute atomic E-state index is 13.4. The van der Waals surface area contributed by atoms with Crippen molar-refractivity contribution in [1.29, 1.82) is 0 Å². The summed E-state index contributed by atoms with van der Waals surface area (Å²) < 4.78 is 47.2. The van der Waals surface area contributed by atoms with E-state index in [-0.39, 0.29) is 28.6 Å². The Balaban J connectivity index is 1.98. The van der Waals surface area contributed by atoms with Gasteiger partial charge in [-0.2, -0.15) is 4.98 Å². The molecule has 0 unspecified atom stereocenters. The van der Waals surface area contributed by atoms with Gasteiger partial charge in [-0.1, -0.05) is 6.92 Å². The lowest BCUT2D eigenvalue weighted by Crippen LogP contribution is -2.21. The number of aromatic nitrogens is 1. The second-order valence-electron chi connectivity index (χ2n) is 8.79. The molecule has 34 heavy (non-hydrogen) atoms. The third-order valence-electron chi connectivity index (χ3n) is 5.41. The number of pyridine rings is 1. The number of halogens is 1. The van der Waals surface area contributed by atoms with Crippen molar-refractivity contribution in [3.05, 3.63) is 47.3 Å². The fourth-order valence-corrected chi connectivity index (χ4v) is 4.78. The number of fused-ring (bicyclic) bond motifs is 1. The highest BCUT2D eigenvalue weighted by molar-refractivity contribution is 7.92. The highest BCUT2D eigenvalue weighted by atomic mass is 32.2. The van der Waals surface area contributed by atoms with Crippen LogP contribution >= 0.6 is 0 Å². The molecule has 8 nitrogen and oxygen atoms in total. The van der Waals surface area contributed by atoms with Crippen LogP contribution in [-0.2, 0) is 16.4 Å². The number of amides is 1. The Morgan fingerprint density at radius 3 is 2.47 bits per heavy atom. The lowest BCUT2D eigenvalue weighted by molar-refractivity contribution is 0.0686. The lowest BCUT2D eigenvalue weighted by atomic mass is 10.0. The first-order valence-corrected chi connectivity index (χ1v) is 12.8. The Morgan fingerprint density at radius 2 is 1.88 bits per heavy atom. The molecule has 0 bridgehead atoms. The summed E-state index contributed by atoms with van der Waals surface area (Å²) in [5.74, 6) is -0.584.